The summed E-state index contributed by atoms with van der Waals surface area (Å²) in [7, 11) is -4.80. The van der Waals surface area contributed by atoms with E-state index in [1.54, 1.807) is 55.4 Å². The van der Waals surface area contributed by atoms with E-state index < -0.39 is 110 Å². The average molecular weight is 1020 g/mol. The highest BCUT2D eigenvalue weighted by molar-refractivity contribution is 6.74. The van der Waals surface area contributed by atoms with Crippen LogP contribution in [0, 0.1) is 13.8 Å². The monoisotopic (exact) mass is 1020 g/mol. The minimum atomic E-state index is -2.40. The first kappa shape index (κ1) is 56.7. The number of rotatable bonds is 12. The topological polar surface area (TPSA) is 248 Å². The molecule has 392 valence electrons. The van der Waals surface area contributed by atoms with Gasteiger partial charge >= 0.3 is 11.4 Å². The first-order chi connectivity index (χ1) is 31.9. The quantitative estimate of drug-likeness (QED) is 0.214. The van der Waals surface area contributed by atoms with Crippen LogP contribution in [-0.2, 0) is 37.4 Å². The van der Waals surface area contributed by atoms with Crippen LogP contribution < -0.4 is 33.1 Å². The van der Waals surface area contributed by atoms with E-state index in [0.29, 0.717) is 24.0 Å². The van der Waals surface area contributed by atoms with Crippen LogP contribution in [-0.4, -0.2) is 133 Å². The number of amides is 2. The second-order valence-electron chi connectivity index (χ2n) is 24.0. The van der Waals surface area contributed by atoms with Crippen LogP contribution in [0.5, 0.6) is 0 Å². The highest BCUT2D eigenvalue weighted by atomic mass is 28.4. The van der Waals surface area contributed by atoms with E-state index in [0.717, 1.165) is 0 Å². The summed E-state index contributed by atoms with van der Waals surface area (Å²) in [6, 6.07) is 0. The lowest BCUT2D eigenvalue weighted by molar-refractivity contribution is -0.145. The molecule has 2 saturated heterocycles. The molecule has 2 fully saturated rings. The molecule has 0 aliphatic carbocycles. The van der Waals surface area contributed by atoms with E-state index >= 15 is 0 Å². The number of hydrogen-bond acceptors (Lipinski definition) is 14. The average Bonchev–Trinajstić information content (AvgIpc) is 3.79. The fourth-order valence-electron chi connectivity index (χ4n) is 7.67. The molecule has 0 spiro atoms. The predicted octanol–water partition coefficient (Wildman–Crippen LogP) is 4.55. The fraction of sp³-hybridized carbons (Fsp3) is 0.750. The summed E-state index contributed by atoms with van der Waals surface area (Å²) in [6.07, 6.45) is 2.34. The van der Waals surface area contributed by atoms with Crippen molar-refractivity contribution >= 4 is 40.9 Å². The second kappa shape index (κ2) is 20.4. The lowest BCUT2D eigenvalue weighted by atomic mass is 9.99. The first-order valence-corrected chi connectivity index (χ1v) is 30.0. The van der Waals surface area contributed by atoms with Gasteiger partial charge in [0, 0.05) is 48.8 Å². The van der Waals surface area contributed by atoms with Crippen molar-refractivity contribution in [1.29, 1.82) is 0 Å². The van der Waals surface area contributed by atoms with Crippen molar-refractivity contribution in [1.82, 2.24) is 29.7 Å². The maximum absolute atomic E-state index is 14.5. The highest BCUT2D eigenvalue weighted by Gasteiger charge is 2.49. The number of nitrogens with one attached hydrogen (secondary N) is 4. The van der Waals surface area contributed by atoms with Crippen LogP contribution in [0.25, 0.3) is 0 Å². The van der Waals surface area contributed by atoms with E-state index in [4.69, 9.17) is 37.8 Å². The van der Waals surface area contributed by atoms with Crippen LogP contribution in [0.4, 0.5) is 0 Å². The molecule has 5 heterocycles. The molecular formula is C48H80N8O12Si2. The van der Waals surface area contributed by atoms with E-state index in [1.165, 1.54) is 34.0 Å². The lowest BCUT2D eigenvalue weighted by Gasteiger charge is -2.39. The Bertz CT molecular complexity index is 2380. The smallest absolute Gasteiger partial charge is 0.330 e. The van der Waals surface area contributed by atoms with Crippen molar-refractivity contribution < 1.29 is 37.4 Å². The largest absolute Gasteiger partial charge is 0.411 e. The number of aromatic amines is 2. The lowest BCUT2D eigenvalue weighted by Crippen LogP contribution is -2.59. The molecule has 0 unspecified atom stereocenters. The van der Waals surface area contributed by atoms with Gasteiger partial charge in [-0.3, -0.25) is 48.3 Å². The minimum absolute atomic E-state index is 0.0261. The maximum Gasteiger partial charge on any atom is 0.330 e. The van der Waals surface area contributed by atoms with E-state index in [-0.39, 0.29) is 36.4 Å². The number of aliphatic imine (C=N–C) groups is 2. The van der Waals surface area contributed by atoms with Gasteiger partial charge in [-0.25, -0.2) is 9.59 Å². The second-order valence-corrected chi connectivity index (χ2v) is 33.5. The summed E-state index contributed by atoms with van der Waals surface area (Å²) in [5.41, 5.74) is -6.76. The van der Waals surface area contributed by atoms with Gasteiger partial charge in [-0.1, -0.05) is 41.5 Å². The SMILES string of the molecule is Cc1cn([C@H]2C[C@H](O[Si](C)(C)C(C)(C)C)[C@@H](CO[C@@]3(C)C=NCC(C)(C)NC(=O)[C@@](C)(OC[C@H]4O[C@@H](n5cc(C)c(=O)[nH]c5=O)C[C@@H]4O[Si](C)(C)C(C)(C)C)C=NCC(C)(C)NC3=O)O2)c(=O)[nH]c1=O. The van der Waals surface area contributed by atoms with Gasteiger partial charge in [0.15, 0.2) is 27.8 Å². The molecule has 2 aromatic rings. The predicted molar refractivity (Wildman–Crippen MR) is 273 cm³/mol. The van der Waals surface area contributed by atoms with Crippen LogP contribution in [0.3, 0.4) is 0 Å². The number of carbonyl (C=O) groups excluding carboxylic acids is 2. The summed E-state index contributed by atoms with van der Waals surface area (Å²) >= 11 is 0. The number of nitrogens with zero attached hydrogens (tertiary/aromatic N) is 4. The highest BCUT2D eigenvalue weighted by Crippen LogP contribution is 2.43. The van der Waals surface area contributed by atoms with E-state index in [2.05, 4.69) is 88.3 Å². The van der Waals surface area contributed by atoms with Crippen LogP contribution in [0.1, 0.15) is 120 Å². The molecule has 3 aliphatic heterocycles. The third-order valence-corrected chi connectivity index (χ3v) is 23.3. The number of aryl methyl sites for hydroxylation is 2. The Kier molecular flexibility index (Phi) is 16.5. The first-order valence-electron chi connectivity index (χ1n) is 24.1. The normalized spacial score (nSPS) is 29.2. The Morgan fingerprint density at radius 2 is 0.943 bits per heavy atom. The van der Waals surface area contributed by atoms with Crippen LogP contribution in [0.2, 0.25) is 36.3 Å². The van der Waals surface area contributed by atoms with Crippen LogP contribution >= 0.6 is 0 Å². The molecule has 8 atom stereocenters. The van der Waals surface area contributed by atoms with Gasteiger partial charge in [0.05, 0.1) is 49.6 Å². The number of carbonyl (C=O) groups is 2. The van der Waals surface area contributed by atoms with Gasteiger partial charge in [-0.2, -0.15) is 0 Å². The Morgan fingerprint density at radius 1 is 0.614 bits per heavy atom. The zero-order chi connectivity index (χ0) is 52.8. The van der Waals surface area contributed by atoms with Gasteiger partial charge < -0.3 is 38.4 Å². The summed E-state index contributed by atoms with van der Waals surface area (Å²) in [5.74, 6) is -1.01. The van der Waals surface area contributed by atoms with Crippen molar-refractivity contribution in [3.05, 3.63) is 65.2 Å². The number of aromatic nitrogens is 4. The Labute approximate surface area is 413 Å². The molecule has 3 aliphatic rings. The molecule has 4 N–H and O–H groups in total. The molecule has 0 aromatic carbocycles. The van der Waals surface area contributed by atoms with Gasteiger partial charge in [0.2, 0.25) is 0 Å². The minimum Gasteiger partial charge on any atom is -0.411 e. The molecule has 70 heavy (non-hydrogen) atoms. The molecule has 22 heteroatoms. The zero-order valence-corrected chi connectivity index (χ0v) is 46.7. The molecule has 5 rings (SSSR count). The van der Waals surface area contributed by atoms with E-state index in [1.807, 2.05) is 0 Å². The fourth-order valence-corrected chi connectivity index (χ4v) is 10.4. The maximum atomic E-state index is 14.5. The van der Waals surface area contributed by atoms with Gasteiger partial charge in [0.1, 0.15) is 24.7 Å². The third-order valence-electron chi connectivity index (χ3n) is 14.3. The summed E-state index contributed by atoms with van der Waals surface area (Å²) in [5, 5.41) is 5.83. The molecular weight excluding hydrogens is 937 g/mol. The van der Waals surface area contributed by atoms with Gasteiger partial charge in [0.25, 0.3) is 22.9 Å². The molecule has 20 nitrogen and oxygen atoms in total. The molecule has 2 aromatic heterocycles. The van der Waals surface area contributed by atoms with Crippen molar-refractivity contribution in [3.8, 4) is 0 Å². The molecule has 2 amide bonds. The summed E-state index contributed by atoms with van der Waals surface area (Å²) < 4.78 is 42.5. The van der Waals surface area contributed by atoms with Crippen molar-refractivity contribution in [2.45, 2.75) is 205 Å². The zero-order valence-electron chi connectivity index (χ0n) is 44.7. The standard InChI is InChI=1S/C48H80N8O12Si2/c1-29-21-55(41(61)51-37(29)57)35-19-31(67-69(15,16)43(3,4)5)33(65-35)23-63-47(13)27-49-25-46(11,12)54-40(60)48(14,28-50-26-45(9,10)53-39(47)59)64-24-34-32(68-70(17,18)44(6,7)8)20-36(66-34)56-22-30(2)38(58)52-42(56)62/h21-22,27-28,31-36H,19-20,23-26H2,1-18H3,(H,53,59)(H,54,60)(H,51,57,61)(H,52,58,62)/t31-,32-,33+,34+,35+,36+,47-,48-/m0/s1. The third kappa shape index (κ3) is 13.3. The van der Waals surface area contributed by atoms with Crippen molar-refractivity contribution in [3.63, 3.8) is 0 Å². The number of ether oxygens (including phenoxy) is 4. The molecule has 0 saturated carbocycles. The Morgan fingerprint density at radius 3 is 1.26 bits per heavy atom. The van der Waals surface area contributed by atoms with Crippen LogP contribution in [0.15, 0.2) is 41.6 Å². The summed E-state index contributed by atoms with van der Waals surface area (Å²) in [6.45, 7) is 34.6. The van der Waals surface area contributed by atoms with Crippen molar-refractivity contribution in [2.24, 2.45) is 9.98 Å². The van der Waals surface area contributed by atoms with Gasteiger partial charge in [-0.05, 0) is 91.7 Å². The van der Waals surface area contributed by atoms with E-state index in [9.17, 15) is 28.8 Å². The Balaban J connectivity index is 1.39. The Hall–Kier alpha value is -4.17. The molecule has 0 bridgehead atoms. The molecule has 0 radical (unpaired) electrons. The van der Waals surface area contributed by atoms with Crippen molar-refractivity contribution in [2.75, 3.05) is 26.3 Å². The summed E-state index contributed by atoms with van der Waals surface area (Å²) in [4.78, 5) is 93.5. The van der Waals surface area contributed by atoms with Gasteiger partial charge in [-0.15, -0.1) is 0 Å². The number of hydrogen-bond donors (Lipinski definition) is 4. The number of H-pyrrole nitrogens is 2.